The number of nitrogens with one attached hydrogen (secondary N) is 1. The summed E-state index contributed by atoms with van der Waals surface area (Å²) in [5, 5.41) is 17.7. The fraction of sp³-hybridized carbons (Fsp3) is 0.364. The van der Waals surface area contributed by atoms with Crippen molar-refractivity contribution in [3.8, 4) is 0 Å². The van der Waals surface area contributed by atoms with Crippen LogP contribution in [0.5, 0.6) is 0 Å². The van der Waals surface area contributed by atoms with Crippen LogP contribution in [0.4, 0.5) is 0 Å². The van der Waals surface area contributed by atoms with Crippen LogP contribution >= 0.6 is 11.6 Å². The first-order chi connectivity index (χ1) is 8.97. The summed E-state index contributed by atoms with van der Waals surface area (Å²) in [6.07, 6.45) is 3.44. The second kappa shape index (κ2) is 14.5. The number of imide groups is 1. The van der Waals surface area contributed by atoms with Crippen LogP contribution in [0.25, 0.3) is 0 Å². The maximum absolute atomic E-state index is 10.0. The third kappa shape index (κ3) is 19.0. The number of aliphatic hydroxyl groups is 2. The molecule has 1 rings (SSSR count). The molecular weight excluding hydrogens is 278 g/mol. The van der Waals surface area contributed by atoms with Gasteiger partial charge in [0.1, 0.15) is 0 Å². The SMILES string of the molecule is C=CC(=O)Cl.O=C1C=CC(=O)N1.OCCOCCO. The van der Waals surface area contributed by atoms with Gasteiger partial charge in [-0.15, -0.1) is 0 Å². The van der Waals surface area contributed by atoms with E-state index in [1.165, 1.54) is 12.2 Å². The number of hydrogen-bond acceptors (Lipinski definition) is 6. The number of rotatable bonds is 5. The van der Waals surface area contributed by atoms with Gasteiger partial charge in [-0.05, 0) is 17.7 Å². The summed E-state index contributed by atoms with van der Waals surface area (Å²) in [6.45, 7) is 3.77. The highest BCUT2D eigenvalue weighted by atomic mass is 35.5. The van der Waals surface area contributed by atoms with Gasteiger partial charge in [0, 0.05) is 12.2 Å². The van der Waals surface area contributed by atoms with E-state index in [4.69, 9.17) is 21.8 Å². The molecule has 0 aliphatic carbocycles. The molecule has 0 bridgehead atoms. The van der Waals surface area contributed by atoms with E-state index in [1.807, 2.05) is 5.32 Å². The van der Waals surface area contributed by atoms with Crippen LogP contribution in [0.2, 0.25) is 0 Å². The van der Waals surface area contributed by atoms with E-state index in [0.29, 0.717) is 13.2 Å². The number of amides is 2. The van der Waals surface area contributed by atoms with Crippen molar-refractivity contribution in [2.24, 2.45) is 0 Å². The largest absolute Gasteiger partial charge is 0.394 e. The van der Waals surface area contributed by atoms with Gasteiger partial charge < -0.3 is 14.9 Å². The number of carbonyl (C=O) groups is 3. The van der Waals surface area contributed by atoms with Gasteiger partial charge in [0.05, 0.1) is 26.4 Å². The van der Waals surface area contributed by atoms with Gasteiger partial charge >= 0.3 is 0 Å². The highest BCUT2D eigenvalue weighted by Crippen LogP contribution is 1.82. The van der Waals surface area contributed by atoms with Crippen molar-refractivity contribution in [2.75, 3.05) is 26.4 Å². The number of ether oxygens (including phenoxy) is 1. The fourth-order valence-corrected chi connectivity index (χ4v) is 0.587. The van der Waals surface area contributed by atoms with Gasteiger partial charge in [-0.1, -0.05) is 6.58 Å². The Morgan fingerprint density at radius 1 is 1.26 bits per heavy atom. The van der Waals surface area contributed by atoms with Crippen molar-refractivity contribution < 1.29 is 29.3 Å². The van der Waals surface area contributed by atoms with Crippen molar-refractivity contribution in [1.29, 1.82) is 0 Å². The highest BCUT2D eigenvalue weighted by Gasteiger charge is 2.06. The lowest BCUT2D eigenvalue weighted by atomic mass is 10.6. The molecule has 1 aliphatic heterocycles. The van der Waals surface area contributed by atoms with Crippen LogP contribution in [-0.4, -0.2) is 53.7 Å². The summed E-state index contributed by atoms with van der Waals surface area (Å²) < 4.78 is 4.63. The van der Waals surface area contributed by atoms with E-state index >= 15 is 0 Å². The van der Waals surface area contributed by atoms with Gasteiger partial charge in [0.2, 0.25) is 5.24 Å². The number of hydrogen-bond donors (Lipinski definition) is 3. The predicted molar refractivity (Wildman–Crippen MR) is 68.3 cm³/mol. The Bertz CT molecular complexity index is 309. The van der Waals surface area contributed by atoms with E-state index in [1.54, 1.807) is 0 Å². The van der Waals surface area contributed by atoms with Crippen molar-refractivity contribution in [3.05, 3.63) is 24.8 Å². The summed E-state index contributed by atoms with van der Waals surface area (Å²) in [5.74, 6) is -0.657. The van der Waals surface area contributed by atoms with Crippen molar-refractivity contribution in [3.63, 3.8) is 0 Å². The molecule has 0 aromatic carbocycles. The molecule has 0 saturated carbocycles. The standard InChI is InChI=1S/C4H3NO2.C4H10O3.C3H3ClO/c6-3-1-2-4(7)5-3;5-1-3-7-4-2-6;1-2-3(4)5/h1-2H,(H,5,6,7);5-6H,1-4H2;2H,1H2. The molecule has 0 radical (unpaired) electrons. The molecule has 0 aromatic rings. The summed E-state index contributed by atoms with van der Waals surface area (Å²) in [5.41, 5.74) is 0. The molecule has 7 nitrogen and oxygen atoms in total. The van der Waals surface area contributed by atoms with Gasteiger partial charge in [0.25, 0.3) is 11.8 Å². The number of halogens is 1. The first-order valence-electron chi connectivity index (χ1n) is 5.12. The fourth-order valence-electron chi connectivity index (χ4n) is 0.587. The zero-order chi connectivity index (χ0) is 15.1. The van der Waals surface area contributed by atoms with Crippen molar-refractivity contribution in [1.82, 2.24) is 5.32 Å². The van der Waals surface area contributed by atoms with Gasteiger partial charge in [-0.3, -0.25) is 19.7 Å². The highest BCUT2D eigenvalue weighted by molar-refractivity contribution is 6.66. The number of aliphatic hydroxyl groups excluding tert-OH is 2. The first kappa shape index (κ1) is 19.8. The minimum absolute atomic E-state index is 0.0278. The van der Waals surface area contributed by atoms with E-state index in [0.717, 1.165) is 6.08 Å². The van der Waals surface area contributed by atoms with Crippen LogP contribution in [0, 0.1) is 0 Å². The molecule has 1 aliphatic rings. The third-order valence-electron chi connectivity index (χ3n) is 1.26. The maximum atomic E-state index is 10.0. The average Bonchev–Trinajstić information content (AvgIpc) is 2.75. The lowest BCUT2D eigenvalue weighted by Gasteiger charge is -1.94. The second-order valence-corrected chi connectivity index (χ2v) is 3.13. The molecule has 0 saturated heterocycles. The lowest BCUT2D eigenvalue weighted by molar-refractivity contribution is -0.123. The quantitative estimate of drug-likeness (QED) is 0.263. The Hall–Kier alpha value is -1.54. The normalized spacial score (nSPS) is 11.7. The molecule has 0 unspecified atom stereocenters. The Labute approximate surface area is 115 Å². The molecule has 19 heavy (non-hydrogen) atoms. The van der Waals surface area contributed by atoms with E-state index in [9.17, 15) is 14.4 Å². The Morgan fingerprint density at radius 2 is 1.63 bits per heavy atom. The zero-order valence-electron chi connectivity index (χ0n) is 10.2. The van der Waals surface area contributed by atoms with Crippen LogP contribution in [0.1, 0.15) is 0 Å². The van der Waals surface area contributed by atoms with Crippen molar-refractivity contribution in [2.45, 2.75) is 0 Å². The average molecular weight is 294 g/mol. The lowest BCUT2D eigenvalue weighted by Crippen LogP contribution is -2.19. The minimum atomic E-state index is -0.509. The summed E-state index contributed by atoms with van der Waals surface area (Å²) in [6, 6.07) is 0. The van der Waals surface area contributed by atoms with Crippen molar-refractivity contribution >= 4 is 28.7 Å². The maximum Gasteiger partial charge on any atom is 0.250 e. The molecular formula is C11H16ClNO6. The third-order valence-corrected chi connectivity index (χ3v) is 1.42. The van der Waals surface area contributed by atoms with Crippen LogP contribution < -0.4 is 5.32 Å². The molecule has 2 amide bonds. The topological polar surface area (TPSA) is 113 Å². The van der Waals surface area contributed by atoms with Gasteiger partial charge in [-0.25, -0.2) is 0 Å². The Morgan fingerprint density at radius 3 is 1.79 bits per heavy atom. The van der Waals surface area contributed by atoms with Crippen LogP contribution in [0.3, 0.4) is 0 Å². The summed E-state index contributed by atoms with van der Waals surface area (Å²) in [7, 11) is 0. The molecule has 0 spiro atoms. The second-order valence-electron chi connectivity index (χ2n) is 2.75. The van der Waals surface area contributed by atoms with Crippen LogP contribution in [-0.2, 0) is 19.1 Å². The van der Waals surface area contributed by atoms with E-state index in [-0.39, 0.29) is 25.0 Å². The van der Waals surface area contributed by atoms with Crippen LogP contribution in [0.15, 0.2) is 24.8 Å². The summed E-state index contributed by atoms with van der Waals surface area (Å²) in [4.78, 5) is 29.5. The molecule has 0 fully saturated rings. The molecule has 108 valence electrons. The zero-order valence-corrected chi connectivity index (χ0v) is 10.9. The Kier molecular flexibility index (Phi) is 15.1. The van der Waals surface area contributed by atoms with E-state index in [2.05, 4.69) is 11.3 Å². The minimum Gasteiger partial charge on any atom is -0.394 e. The molecule has 8 heteroatoms. The van der Waals surface area contributed by atoms with Gasteiger partial charge in [-0.2, -0.15) is 0 Å². The molecule has 1 heterocycles. The molecule has 0 atom stereocenters. The Balaban J connectivity index is 0. The molecule has 3 N–H and O–H groups in total. The van der Waals surface area contributed by atoms with E-state index < -0.39 is 5.24 Å². The monoisotopic (exact) mass is 293 g/mol. The number of carbonyl (C=O) groups excluding carboxylic acids is 3. The molecule has 0 aromatic heterocycles. The van der Waals surface area contributed by atoms with Gasteiger partial charge in [0.15, 0.2) is 0 Å². The number of allylic oxidation sites excluding steroid dienone is 1. The summed E-state index contributed by atoms with van der Waals surface area (Å²) >= 11 is 4.71. The smallest absolute Gasteiger partial charge is 0.250 e. The first-order valence-corrected chi connectivity index (χ1v) is 5.50. The predicted octanol–water partition coefficient (Wildman–Crippen LogP) is -0.876.